The third kappa shape index (κ3) is 10.5. The van der Waals surface area contributed by atoms with Crippen molar-refractivity contribution >= 4 is 87.1 Å². The molecule has 3 amide bonds. The summed E-state index contributed by atoms with van der Waals surface area (Å²) in [7, 11) is 5.46. The number of halogens is 3. The molecule has 4 aromatic carbocycles. The molecule has 0 unspecified atom stereocenters. The Bertz CT molecular complexity index is 2510. The number of aromatic nitrogens is 2. The maximum Gasteiger partial charge on any atom is 0.416 e. The van der Waals surface area contributed by atoms with Crippen LogP contribution in [0.3, 0.4) is 0 Å². The molecule has 2 heterocycles. The van der Waals surface area contributed by atoms with Crippen LogP contribution in [-0.4, -0.2) is 77.2 Å². The van der Waals surface area contributed by atoms with E-state index in [0.29, 0.717) is 59.8 Å². The summed E-state index contributed by atoms with van der Waals surface area (Å²) in [6.45, 7) is 0. The van der Waals surface area contributed by atoms with Gasteiger partial charge >= 0.3 is 12.2 Å². The van der Waals surface area contributed by atoms with Crippen LogP contribution >= 0.6 is 22.7 Å². The molecule has 57 heavy (non-hydrogen) atoms. The van der Waals surface area contributed by atoms with Crippen molar-refractivity contribution in [1.82, 2.24) is 14.3 Å². The van der Waals surface area contributed by atoms with E-state index in [-0.39, 0.29) is 15.9 Å². The number of ether oxygens (including phenoxy) is 4. The van der Waals surface area contributed by atoms with Gasteiger partial charge in [0.05, 0.1) is 59.3 Å². The number of carbonyl (C=O) groups excluding carboxylic acids is 2. The van der Waals surface area contributed by atoms with E-state index in [9.17, 15) is 31.2 Å². The molecule has 300 valence electrons. The number of benzene rings is 4. The summed E-state index contributed by atoms with van der Waals surface area (Å²) >= 11 is 2.16. The number of carbonyl (C=O) groups is 2. The molecule has 2 aromatic heterocycles. The zero-order valence-electron chi connectivity index (χ0n) is 31.0. The van der Waals surface area contributed by atoms with Gasteiger partial charge in [0.1, 0.15) is 5.75 Å². The van der Waals surface area contributed by atoms with Gasteiger partial charge in [-0.15, -0.1) is 0 Å². The van der Waals surface area contributed by atoms with Crippen LogP contribution in [0.25, 0.3) is 26.5 Å². The Morgan fingerprint density at radius 1 is 0.737 bits per heavy atom. The highest BCUT2D eigenvalue weighted by Gasteiger charge is 2.31. The summed E-state index contributed by atoms with van der Waals surface area (Å²) in [5, 5.41) is 8.38. The van der Waals surface area contributed by atoms with Gasteiger partial charge in [-0.25, -0.2) is 27.5 Å². The molecule has 3 N–H and O–H groups in total. The molecule has 0 radical (unpaired) electrons. The molecule has 0 atom stereocenters. The normalized spacial score (nSPS) is 11.6. The number of nitrogens with one attached hydrogen (secondary N) is 3. The molecule has 14 nitrogen and oxygen atoms in total. The molecule has 0 saturated carbocycles. The minimum atomic E-state index is -4.42. The number of fused-ring (bicyclic) bond motifs is 2. The smallest absolute Gasteiger partial charge is 0.416 e. The molecule has 0 aliphatic rings. The quantitative estimate of drug-likeness (QED) is 0.108. The highest BCUT2D eigenvalue weighted by molar-refractivity contribution is 7.89. The fourth-order valence-corrected chi connectivity index (χ4v) is 7.75. The summed E-state index contributed by atoms with van der Waals surface area (Å²) in [6.07, 6.45) is -1.46. The number of hydrogen-bond acceptors (Lipinski definition) is 12. The first-order valence-corrected chi connectivity index (χ1v) is 19.4. The van der Waals surface area contributed by atoms with E-state index in [0.717, 1.165) is 27.8 Å². The molecule has 6 rings (SSSR count). The van der Waals surface area contributed by atoms with Crippen molar-refractivity contribution in [3.63, 3.8) is 0 Å². The topological polar surface area (TPSA) is 170 Å². The lowest BCUT2D eigenvalue weighted by molar-refractivity contribution is -0.137. The minimum Gasteiger partial charge on any atom is -0.497 e. The number of urea groups is 1. The number of sulfonamides is 1. The maximum absolute atomic E-state index is 12.7. The SMILES string of the molecule is COc1cc(/C=C/C(=O)Nc2nc3ccc(S(=O)(=O)N(C)C)cc3s2)cc(OC)c1OC.COc1ccc(NC(=O)Nc2nc3ccc(C(F)(F)F)cc3s2)cc1. The predicted molar refractivity (Wildman–Crippen MR) is 215 cm³/mol. The average molecular weight is 845 g/mol. The highest BCUT2D eigenvalue weighted by atomic mass is 32.2. The molecular formula is C37H35F3N6O8S3. The van der Waals surface area contributed by atoms with Crippen molar-refractivity contribution in [2.75, 3.05) is 58.5 Å². The summed E-state index contributed by atoms with van der Waals surface area (Å²) in [5.74, 6) is 1.67. The Hall–Kier alpha value is -5.96. The number of anilines is 3. The van der Waals surface area contributed by atoms with E-state index in [2.05, 4.69) is 25.9 Å². The van der Waals surface area contributed by atoms with E-state index in [4.69, 9.17) is 18.9 Å². The summed E-state index contributed by atoms with van der Waals surface area (Å²) in [4.78, 5) is 33.0. The Kier molecular flexibility index (Phi) is 13.2. The zero-order valence-corrected chi connectivity index (χ0v) is 33.5. The second kappa shape index (κ2) is 17.9. The van der Waals surface area contributed by atoms with Gasteiger partial charge in [-0.2, -0.15) is 13.2 Å². The number of rotatable bonds is 11. The highest BCUT2D eigenvalue weighted by Crippen LogP contribution is 2.39. The van der Waals surface area contributed by atoms with Crippen LogP contribution in [0.15, 0.2) is 83.8 Å². The molecule has 0 fully saturated rings. The van der Waals surface area contributed by atoms with Crippen molar-refractivity contribution in [2.24, 2.45) is 0 Å². The summed E-state index contributed by atoms with van der Waals surface area (Å²) < 4.78 is 85.9. The molecule has 0 aliphatic heterocycles. The first-order valence-electron chi connectivity index (χ1n) is 16.4. The number of hydrogen-bond donors (Lipinski definition) is 3. The molecule has 0 saturated heterocycles. The van der Waals surface area contributed by atoms with Gasteiger partial charge in [-0.05, 0) is 84.4 Å². The fourth-order valence-electron chi connectivity index (χ4n) is 4.93. The van der Waals surface area contributed by atoms with Crippen LogP contribution in [0.4, 0.5) is 33.9 Å². The van der Waals surface area contributed by atoms with E-state index in [1.165, 1.54) is 72.1 Å². The molecule has 0 spiro atoms. The third-order valence-electron chi connectivity index (χ3n) is 7.77. The van der Waals surface area contributed by atoms with Crippen molar-refractivity contribution in [3.05, 3.63) is 90.0 Å². The average Bonchev–Trinajstić information content (AvgIpc) is 3.78. The van der Waals surface area contributed by atoms with Crippen LogP contribution < -0.4 is 34.9 Å². The van der Waals surface area contributed by atoms with Crippen molar-refractivity contribution in [1.29, 1.82) is 0 Å². The van der Waals surface area contributed by atoms with Crippen LogP contribution in [-0.2, 0) is 21.0 Å². The molecule has 6 aromatic rings. The molecule has 20 heteroatoms. The molecule has 0 bridgehead atoms. The monoisotopic (exact) mass is 844 g/mol. The van der Waals surface area contributed by atoms with Gasteiger partial charge in [-0.3, -0.25) is 15.4 Å². The van der Waals surface area contributed by atoms with Gasteiger partial charge in [0.25, 0.3) is 0 Å². The first kappa shape index (κ1) is 42.2. The fraction of sp³-hybridized carbons (Fsp3) is 0.189. The van der Waals surface area contributed by atoms with Crippen LogP contribution in [0.5, 0.6) is 23.0 Å². The Morgan fingerprint density at radius 2 is 1.32 bits per heavy atom. The van der Waals surface area contributed by atoms with Gasteiger partial charge in [0, 0.05) is 25.9 Å². The van der Waals surface area contributed by atoms with E-state index in [1.54, 1.807) is 54.6 Å². The third-order valence-corrected chi connectivity index (χ3v) is 11.4. The second-order valence-corrected chi connectivity index (χ2v) is 15.9. The predicted octanol–water partition coefficient (Wildman–Crippen LogP) is 8.19. The number of amides is 3. The molecular weight excluding hydrogens is 810 g/mol. The number of nitrogens with zero attached hydrogens (tertiary/aromatic N) is 3. The van der Waals surface area contributed by atoms with Gasteiger partial charge < -0.3 is 24.3 Å². The van der Waals surface area contributed by atoms with Crippen molar-refractivity contribution in [3.8, 4) is 23.0 Å². The summed E-state index contributed by atoms with van der Waals surface area (Å²) in [6, 6.07) is 17.5. The number of alkyl halides is 3. The first-order chi connectivity index (χ1) is 27.0. The Balaban J connectivity index is 0.000000224. The maximum atomic E-state index is 12.7. The second-order valence-electron chi connectivity index (χ2n) is 11.7. The standard InChI is InChI=1S/C21H23N3O6S2.C16H12F3N3O2S/c1-24(2)32(26,27)14-7-8-15-18(12-14)31-21(22-15)23-19(25)9-6-13-10-16(28-3)20(30-5)17(11-13)29-4;1-24-11-5-3-10(4-6-11)20-14(23)22-15-21-12-7-2-9(16(17,18)19)8-13(12)25-15/h6-12H,1-5H3,(H,22,23,25);2-8H,1H3,(H2,20,21,22,23)/b9-6+;. The lowest BCUT2D eigenvalue weighted by Gasteiger charge is -2.12. The lowest BCUT2D eigenvalue weighted by atomic mass is 10.1. The van der Waals surface area contributed by atoms with Crippen LogP contribution in [0.2, 0.25) is 0 Å². The van der Waals surface area contributed by atoms with Crippen LogP contribution in [0, 0.1) is 0 Å². The van der Waals surface area contributed by atoms with E-state index >= 15 is 0 Å². The number of thiazole rings is 2. The van der Waals surface area contributed by atoms with E-state index < -0.39 is 27.8 Å². The van der Waals surface area contributed by atoms with Gasteiger partial charge in [0.15, 0.2) is 21.8 Å². The number of methoxy groups -OCH3 is 4. The van der Waals surface area contributed by atoms with E-state index in [1.807, 2.05) is 0 Å². The minimum absolute atomic E-state index is 0.166. The Labute approximate surface area is 332 Å². The summed E-state index contributed by atoms with van der Waals surface area (Å²) in [5.41, 5.74) is 1.45. The zero-order chi connectivity index (χ0) is 41.5. The molecule has 0 aliphatic carbocycles. The van der Waals surface area contributed by atoms with Gasteiger partial charge in [0.2, 0.25) is 21.7 Å². The van der Waals surface area contributed by atoms with Gasteiger partial charge in [-0.1, -0.05) is 22.7 Å². The Morgan fingerprint density at radius 3 is 1.86 bits per heavy atom. The van der Waals surface area contributed by atoms with Crippen molar-refractivity contribution in [2.45, 2.75) is 11.1 Å². The lowest BCUT2D eigenvalue weighted by Crippen LogP contribution is -2.22. The van der Waals surface area contributed by atoms with Crippen LogP contribution in [0.1, 0.15) is 11.1 Å². The van der Waals surface area contributed by atoms with Crippen molar-refractivity contribution < 1.29 is 50.1 Å². The largest absolute Gasteiger partial charge is 0.497 e.